The van der Waals surface area contributed by atoms with Crippen LogP contribution in [0.15, 0.2) is 122 Å². The summed E-state index contributed by atoms with van der Waals surface area (Å²) in [4.78, 5) is 103. The summed E-state index contributed by atoms with van der Waals surface area (Å²) in [7, 11) is 1.20. The van der Waals surface area contributed by atoms with Crippen LogP contribution in [0.3, 0.4) is 0 Å². The van der Waals surface area contributed by atoms with E-state index in [1.54, 1.807) is 67.5 Å². The predicted octanol–water partition coefficient (Wildman–Crippen LogP) is 4.12. The number of hydrogen-bond donors (Lipinski definition) is 4. The normalized spacial score (nSPS) is 23.1. The summed E-state index contributed by atoms with van der Waals surface area (Å²) in [6, 6.07) is 24.8. The van der Waals surface area contributed by atoms with Gasteiger partial charge in [-0.05, 0) is 64.6 Å². The Morgan fingerprint density at radius 1 is 0.857 bits per heavy atom. The lowest BCUT2D eigenvalue weighted by Crippen LogP contribution is -2.60. The van der Waals surface area contributed by atoms with E-state index in [4.69, 9.17) is 15.2 Å². The molecule has 6 amide bonds. The van der Waals surface area contributed by atoms with Crippen molar-refractivity contribution >= 4 is 47.5 Å². The summed E-state index contributed by atoms with van der Waals surface area (Å²) in [6.07, 6.45) is 2.30. The number of urea groups is 2. The largest absolute Gasteiger partial charge is 0.508 e. The number of benzene rings is 4. The van der Waals surface area contributed by atoms with Crippen molar-refractivity contribution in [3.8, 4) is 17.6 Å². The summed E-state index contributed by atoms with van der Waals surface area (Å²) in [5, 5.41) is 16.0. The molecule has 0 bridgehead atoms. The minimum absolute atomic E-state index is 0.0763. The van der Waals surface area contributed by atoms with Crippen molar-refractivity contribution < 1.29 is 43.3 Å². The number of hydrogen-bond acceptors (Lipinski definition) is 13. The number of nitrogens with two attached hydrogens (primary N) is 1. The fourth-order valence-electron chi connectivity index (χ4n) is 10.5. The molecular formula is C52H51N9O9. The van der Waals surface area contributed by atoms with E-state index in [-0.39, 0.29) is 36.6 Å². The molecule has 7 atom stereocenters. The number of anilines is 2. The van der Waals surface area contributed by atoms with E-state index in [1.807, 2.05) is 70.5 Å². The Labute approximate surface area is 403 Å². The van der Waals surface area contributed by atoms with Crippen LogP contribution in [0.4, 0.5) is 21.2 Å². The summed E-state index contributed by atoms with van der Waals surface area (Å²) < 4.78 is 11.7. The highest BCUT2D eigenvalue weighted by atomic mass is 16.6. The standard InChI is InChI=1S/C52H51N9O9/c1-31(2)40(46(64)69-3)57-51(68)60-38-22-17-32(12-10-23-54-49(53)67)30-37(38)52(48(60)66)39(45(63)58-26-28-59(29-27-58)50-55-24-11-25-56-50)42-47(65)70-43(34-15-8-5-9-16-34)41(33-13-6-4-7-14-33)61(42)44(52)35-18-20-36(62)21-19-35/h4-9,11,13-22,24-25,30-31,39-44,62H,23,26-29H2,1-3H3,(H,57,68)(H3,53,54,67)/t39-,40+,41-,42-,43+,44+,52-/m1/s1. The molecule has 1 spiro atoms. The molecule has 0 saturated carbocycles. The van der Waals surface area contributed by atoms with Crippen molar-refractivity contribution in [2.45, 2.75) is 49.5 Å². The molecule has 3 saturated heterocycles. The molecule has 5 aromatic rings. The van der Waals surface area contributed by atoms with Crippen LogP contribution in [0.5, 0.6) is 5.75 Å². The van der Waals surface area contributed by atoms with Crippen LogP contribution in [0.25, 0.3) is 0 Å². The Kier molecular flexibility index (Phi) is 12.9. The number of phenols is 1. The van der Waals surface area contributed by atoms with Gasteiger partial charge in [0.1, 0.15) is 29.4 Å². The number of esters is 2. The number of ether oxygens (including phenoxy) is 2. The molecule has 0 unspecified atom stereocenters. The summed E-state index contributed by atoms with van der Waals surface area (Å²) in [5.41, 5.74) is 5.60. The number of imide groups is 1. The number of carbonyl (C=O) groups excluding carboxylic acids is 6. The highest BCUT2D eigenvalue weighted by Crippen LogP contribution is 2.66. The Hall–Kier alpha value is -8.30. The fourth-order valence-corrected chi connectivity index (χ4v) is 10.5. The first kappa shape index (κ1) is 46.8. The smallest absolute Gasteiger partial charge is 0.329 e. The molecule has 4 aliphatic heterocycles. The van der Waals surface area contributed by atoms with E-state index >= 15 is 19.2 Å². The number of methoxy groups -OCH3 is 1. The van der Waals surface area contributed by atoms with Gasteiger partial charge in [-0.15, -0.1) is 0 Å². The lowest BCUT2D eigenvalue weighted by Gasteiger charge is -2.46. The third-order valence-electron chi connectivity index (χ3n) is 13.5. The van der Waals surface area contributed by atoms with E-state index < -0.39 is 83.3 Å². The lowest BCUT2D eigenvalue weighted by molar-refractivity contribution is -0.179. The van der Waals surface area contributed by atoms with Crippen LogP contribution in [-0.4, -0.2) is 113 Å². The molecule has 0 radical (unpaired) electrons. The van der Waals surface area contributed by atoms with Gasteiger partial charge in [-0.25, -0.2) is 29.3 Å². The third-order valence-corrected chi connectivity index (χ3v) is 13.5. The number of phenolic OH excluding ortho intramolecular Hbond substituents is 1. The van der Waals surface area contributed by atoms with E-state index in [1.165, 1.54) is 19.2 Å². The molecule has 18 heteroatoms. The summed E-state index contributed by atoms with van der Waals surface area (Å²) in [6.45, 7) is 4.27. The number of fused-ring (bicyclic) bond motifs is 3. The van der Waals surface area contributed by atoms with Gasteiger partial charge < -0.3 is 40.7 Å². The first-order valence-corrected chi connectivity index (χ1v) is 22.9. The van der Waals surface area contributed by atoms with Crippen molar-refractivity contribution in [1.29, 1.82) is 0 Å². The Balaban J connectivity index is 1.32. The van der Waals surface area contributed by atoms with Crippen LogP contribution in [0, 0.1) is 23.7 Å². The molecular weight excluding hydrogens is 895 g/mol. The number of aromatic hydroxyl groups is 1. The first-order valence-electron chi connectivity index (χ1n) is 22.9. The number of cyclic esters (lactones) is 1. The number of nitrogens with zero attached hydrogens (tertiary/aromatic N) is 6. The minimum Gasteiger partial charge on any atom is -0.508 e. The second kappa shape index (κ2) is 19.4. The molecule has 9 rings (SSSR count). The van der Waals surface area contributed by atoms with Crippen LogP contribution >= 0.6 is 0 Å². The van der Waals surface area contributed by atoms with Crippen molar-refractivity contribution in [2.24, 2.45) is 17.6 Å². The predicted molar refractivity (Wildman–Crippen MR) is 254 cm³/mol. The second-order valence-corrected chi connectivity index (χ2v) is 17.8. The van der Waals surface area contributed by atoms with E-state index in [2.05, 4.69) is 32.4 Å². The molecule has 18 nitrogen and oxygen atoms in total. The summed E-state index contributed by atoms with van der Waals surface area (Å²) >= 11 is 0. The molecule has 3 fully saturated rings. The Bertz CT molecular complexity index is 2870. The van der Waals surface area contributed by atoms with E-state index in [0.29, 0.717) is 41.3 Å². The number of carbonyl (C=O) groups is 6. The van der Waals surface area contributed by atoms with E-state index in [0.717, 1.165) is 4.90 Å². The lowest BCUT2D eigenvalue weighted by atomic mass is 9.64. The zero-order chi connectivity index (χ0) is 49.3. The van der Waals surface area contributed by atoms with Crippen LogP contribution in [0.1, 0.15) is 59.9 Å². The second-order valence-electron chi connectivity index (χ2n) is 17.8. The SMILES string of the molecule is COC(=O)[C@@H](NC(=O)N1C(=O)[C@@]2(c3cc(C#CCNC(N)=O)ccc31)[C@H](c1ccc(O)cc1)N1[C@H](c3ccccc3)[C@H](c3ccccc3)OC(=O)[C@H]1[C@@H]2C(=O)N1CCN(c2ncccn2)CC1)C(C)C. The van der Waals surface area contributed by atoms with Gasteiger partial charge in [0.25, 0.3) is 0 Å². The number of primary amides is 1. The van der Waals surface area contributed by atoms with Crippen molar-refractivity contribution in [3.05, 3.63) is 149 Å². The van der Waals surface area contributed by atoms with Crippen molar-refractivity contribution in [3.63, 3.8) is 0 Å². The Morgan fingerprint density at radius 2 is 1.51 bits per heavy atom. The molecule has 5 N–H and O–H groups in total. The zero-order valence-electron chi connectivity index (χ0n) is 38.6. The topological polar surface area (TPSA) is 230 Å². The number of piperazine rings is 1. The molecule has 4 aromatic carbocycles. The van der Waals surface area contributed by atoms with Gasteiger partial charge in [0.05, 0.1) is 37.3 Å². The average Bonchev–Trinajstić information content (AvgIpc) is 3.83. The molecule has 4 aliphatic rings. The molecule has 70 heavy (non-hydrogen) atoms. The van der Waals surface area contributed by atoms with Crippen molar-refractivity contribution in [2.75, 3.05) is 49.6 Å². The zero-order valence-corrected chi connectivity index (χ0v) is 38.6. The number of nitrogens with one attached hydrogen (secondary N) is 2. The average molecular weight is 946 g/mol. The number of morpholine rings is 1. The van der Waals surface area contributed by atoms with Crippen LogP contribution < -0.4 is 26.2 Å². The van der Waals surface area contributed by atoms with Crippen molar-refractivity contribution in [1.82, 2.24) is 30.4 Å². The Morgan fingerprint density at radius 3 is 2.14 bits per heavy atom. The maximum Gasteiger partial charge on any atom is 0.329 e. The van der Waals surface area contributed by atoms with Gasteiger partial charge >= 0.3 is 24.0 Å². The monoisotopic (exact) mass is 945 g/mol. The van der Waals surface area contributed by atoms with Gasteiger partial charge in [-0.1, -0.05) is 98.5 Å². The first-order chi connectivity index (χ1) is 33.8. The molecule has 1 aromatic heterocycles. The van der Waals surface area contributed by atoms with Gasteiger partial charge in [-0.2, -0.15) is 0 Å². The minimum atomic E-state index is -2.13. The third kappa shape index (κ3) is 8.27. The van der Waals surface area contributed by atoms with Crippen LogP contribution in [0.2, 0.25) is 0 Å². The quantitative estimate of drug-likeness (QED) is 0.121. The summed E-state index contributed by atoms with van der Waals surface area (Å²) in [5.74, 6) is 1.32. The van der Waals surface area contributed by atoms with Gasteiger partial charge in [0.2, 0.25) is 17.8 Å². The van der Waals surface area contributed by atoms with Gasteiger partial charge in [0, 0.05) is 44.1 Å². The number of aromatic nitrogens is 2. The molecule has 5 heterocycles. The highest BCUT2D eigenvalue weighted by molar-refractivity contribution is 6.25. The highest BCUT2D eigenvalue weighted by Gasteiger charge is 2.76. The maximum absolute atomic E-state index is 16.6. The van der Waals surface area contributed by atoms with Crippen LogP contribution in [-0.2, 0) is 34.1 Å². The number of amides is 6. The van der Waals surface area contributed by atoms with Gasteiger partial charge in [0.15, 0.2) is 0 Å². The number of rotatable bonds is 9. The molecule has 0 aliphatic carbocycles. The van der Waals surface area contributed by atoms with Gasteiger partial charge in [-0.3, -0.25) is 19.3 Å². The fraction of sp³-hybridized carbons (Fsp3) is 0.308. The van der Waals surface area contributed by atoms with E-state index in [9.17, 15) is 14.7 Å². The maximum atomic E-state index is 16.6. The molecule has 358 valence electrons.